The molecule has 0 aliphatic heterocycles. The Morgan fingerprint density at radius 1 is 1.56 bits per heavy atom. The number of ether oxygens (including phenoxy) is 1. The van der Waals surface area contributed by atoms with Gasteiger partial charge in [-0.3, -0.25) is 4.79 Å². The number of fused-ring (bicyclic) bond motifs is 1. The van der Waals surface area contributed by atoms with E-state index in [1.165, 1.54) is 0 Å². The van der Waals surface area contributed by atoms with Gasteiger partial charge < -0.3 is 9.53 Å². The van der Waals surface area contributed by atoms with Crippen molar-refractivity contribution in [2.75, 3.05) is 6.61 Å². The summed E-state index contributed by atoms with van der Waals surface area (Å²) in [6, 6.07) is 8.28. The zero-order valence-corrected chi connectivity index (χ0v) is 11.7. The molecule has 1 unspecified atom stereocenters. The minimum atomic E-state index is -0.632. The Hall–Kier alpha value is -1.06. The summed E-state index contributed by atoms with van der Waals surface area (Å²) < 4.78 is 4.95. The van der Waals surface area contributed by atoms with Crippen LogP contribution >= 0.6 is 0 Å². The second kappa shape index (κ2) is 6.76. The van der Waals surface area contributed by atoms with Gasteiger partial charge in [0.1, 0.15) is 11.7 Å². The van der Waals surface area contributed by atoms with E-state index in [1.807, 2.05) is 6.07 Å². The number of rotatable bonds is 2. The van der Waals surface area contributed by atoms with Gasteiger partial charge in [0, 0.05) is 18.6 Å². The fourth-order valence-corrected chi connectivity index (χ4v) is 2.19. The van der Waals surface area contributed by atoms with Crippen molar-refractivity contribution in [3.05, 3.63) is 35.4 Å². The predicted molar refractivity (Wildman–Crippen MR) is 62.7 cm³/mol. The number of aryl methyl sites for hydroxylation is 1. The Balaban J connectivity index is 0.00000162. The maximum atomic E-state index is 12.2. The maximum absolute atomic E-state index is 12.2. The van der Waals surface area contributed by atoms with E-state index >= 15 is 0 Å². The maximum Gasteiger partial charge on any atom is 0.315 e. The quantitative estimate of drug-likeness (QED) is 0.361. The van der Waals surface area contributed by atoms with E-state index in [2.05, 4.69) is 6.07 Å². The summed E-state index contributed by atoms with van der Waals surface area (Å²) in [5.41, 5.74) is 1.64. The van der Waals surface area contributed by atoms with Crippen LogP contribution in [0.25, 0.3) is 0 Å². The zero-order chi connectivity index (χ0) is 12.3. The summed E-state index contributed by atoms with van der Waals surface area (Å²) in [6.45, 7) is 2.07. The van der Waals surface area contributed by atoms with Crippen molar-refractivity contribution in [1.29, 1.82) is 0 Å². The molecule has 3 nitrogen and oxygen atoms in total. The van der Waals surface area contributed by atoms with Gasteiger partial charge in [-0.05, 0) is 26.2 Å². The fourth-order valence-electron chi connectivity index (χ4n) is 2.19. The molecule has 4 heteroatoms. The smallest absolute Gasteiger partial charge is 0.315 e. The first-order valence-corrected chi connectivity index (χ1v) is 5.94. The molecule has 1 radical (unpaired) electrons. The summed E-state index contributed by atoms with van der Waals surface area (Å²) in [6.07, 6.45) is 2.25. The first-order valence-electron chi connectivity index (χ1n) is 5.94. The van der Waals surface area contributed by atoms with E-state index in [0.717, 1.165) is 18.4 Å². The van der Waals surface area contributed by atoms with Gasteiger partial charge in [-0.1, -0.05) is 5.56 Å². The number of hydrogen-bond acceptors (Lipinski definition) is 3. The number of esters is 1. The fraction of sp³-hybridized carbons (Fsp3) is 0.429. The first-order chi connectivity index (χ1) is 8.24. The van der Waals surface area contributed by atoms with Crippen molar-refractivity contribution >= 4 is 11.8 Å². The largest absolute Gasteiger partial charge is 0.465 e. The van der Waals surface area contributed by atoms with Crippen molar-refractivity contribution in [3.8, 4) is 0 Å². The third-order valence-corrected chi connectivity index (χ3v) is 3.05. The normalized spacial score (nSPS) is 18.3. The van der Waals surface area contributed by atoms with Gasteiger partial charge in [-0.15, -0.1) is 5.56 Å². The molecule has 18 heavy (non-hydrogen) atoms. The van der Waals surface area contributed by atoms with E-state index in [9.17, 15) is 9.59 Å². The Morgan fingerprint density at radius 3 is 3.06 bits per heavy atom. The Morgan fingerprint density at radius 2 is 2.33 bits per heavy atom. The van der Waals surface area contributed by atoms with Crippen LogP contribution in [-0.4, -0.2) is 18.4 Å². The van der Waals surface area contributed by atoms with E-state index in [-0.39, 0.29) is 24.3 Å². The van der Waals surface area contributed by atoms with Gasteiger partial charge in [-0.25, -0.2) is 0 Å². The number of carbonyl (C=O) groups excluding carboxylic acids is 2. The van der Waals surface area contributed by atoms with Crippen LogP contribution in [0, 0.1) is 12.0 Å². The number of carbonyl (C=O) groups is 2. The Kier molecular flexibility index (Phi) is 5.64. The number of hydrogen-bond donors (Lipinski definition) is 0. The molecular weight excluding hydrogens is 267 g/mol. The summed E-state index contributed by atoms with van der Waals surface area (Å²) in [4.78, 5) is 24.0. The molecule has 0 spiro atoms. The zero-order valence-electron chi connectivity index (χ0n) is 10.3. The van der Waals surface area contributed by atoms with Crippen LogP contribution in [0.4, 0.5) is 0 Å². The van der Waals surface area contributed by atoms with E-state index < -0.39 is 11.9 Å². The summed E-state index contributed by atoms with van der Waals surface area (Å²) >= 11 is 0. The third kappa shape index (κ3) is 3.03. The van der Waals surface area contributed by atoms with E-state index in [0.29, 0.717) is 18.6 Å². The van der Waals surface area contributed by atoms with Crippen LogP contribution in [0.15, 0.2) is 18.2 Å². The van der Waals surface area contributed by atoms with E-state index in [4.69, 9.17) is 4.74 Å². The molecular formula is C14H15O3V-. The van der Waals surface area contributed by atoms with E-state index in [1.54, 1.807) is 19.1 Å². The monoisotopic (exact) mass is 282 g/mol. The molecule has 0 aromatic heterocycles. The van der Waals surface area contributed by atoms with Crippen LogP contribution in [0.1, 0.15) is 35.7 Å². The molecule has 95 valence electrons. The predicted octanol–water partition coefficient (Wildman–Crippen LogP) is 2.18. The number of ketones is 1. The van der Waals surface area contributed by atoms with Crippen molar-refractivity contribution in [3.63, 3.8) is 0 Å². The van der Waals surface area contributed by atoms with Crippen LogP contribution in [-0.2, 0) is 34.5 Å². The Bertz CT molecular complexity index is 442. The molecule has 0 bridgehead atoms. The first kappa shape index (κ1) is 15.0. The van der Waals surface area contributed by atoms with Crippen molar-refractivity contribution in [2.45, 2.75) is 26.2 Å². The van der Waals surface area contributed by atoms with Gasteiger partial charge in [0.25, 0.3) is 0 Å². The molecule has 1 aromatic carbocycles. The Labute approximate surface area is 119 Å². The summed E-state index contributed by atoms with van der Waals surface area (Å²) in [7, 11) is 0. The molecule has 1 atom stereocenters. The topological polar surface area (TPSA) is 43.4 Å². The van der Waals surface area contributed by atoms with Crippen LogP contribution in [0.2, 0.25) is 0 Å². The summed E-state index contributed by atoms with van der Waals surface area (Å²) in [5.74, 6) is -1.14. The second-order valence-electron chi connectivity index (χ2n) is 4.14. The molecule has 1 aliphatic carbocycles. The van der Waals surface area contributed by atoms with Crippen LogP contribution in [0.3, 0.4) is 0 Å². The van der Waals surface area contributed by atoms with Gasteiger partial charge in [0.2, 0.25) is 0 Å². The van der Waals surface area contributed by atoms with Crippen molar-refractivity contribution in [2.24, 2.45) is 5.92 Å². The van der Waals surface area contributed by atoms with Gasteiger partial charge >= 0.3 is 5.97 Å². The average molecular weight is 282 g/mol. The van der Waals surface area contributed by atoms with Crippen molar-refractivity contribution in [1.82, 2.24) is 0 Å². The third-order valence-electron chi connectivity index (χ3n) is 3.05. The molecule has 1 aromatic rings. The molecule has 0 fully saturated rings. The second-order valence-corrected chi connectivity index (χ2v) is 4.14. The van der Waals surface area contributed by atoms with Gasteiger partial charge in [0.05, 0.1) is 6.61 Å². The molecule has 0 heterocycles. The minimum Gasteiger partial charge on any atom is -0.465 e. The molecule has 0 saturated heterocycles. The minimum absolute atomic E-state index is 0. The molecule has 0 amide bonds. The number of Topliss-reactive ketones (excluding diaryl/α,β-unsaturated/α-hetero) is 1. The average Bonchev–Trinajstić information content (AvgIpc) is 2.50. The summed E-state index contributed by atoms with van der Waals surface area (Å²) in [5, 5.41) is 0. The van der Waals surface area contributed by atoms with Crippen LogP contribution in [0.5, 0.6) is 0 Å². The van der Waals surface area contributed by atoms with Gasteiger partial charge in [-0.2, -0.15) is 24.3 Å². The molecule has 0 N–H and O–H groups in total. The SMILES string of the molecule is CCOC(=O)C1CCCc2cc[c-]cc2C1=O.[V]. The van der Waals surface area contributed by atoms with Crippen LogP contribution < -0.4 is 0 Å². The standard InChI is InChI=1S/C14H15O3.V/c1-2-17-14(16)12-9-5-7-10-6-3-4-8-11(10)13(12)15;/h3,6,8,12H,2,5,7,9H2,1H3;/q-1;. The molecule has 2 rings (SSSR count). The molecule has 0 saturated carbocycles. The number of benzene rings is 1. The molecule has 1 aliphatic rings. The van der Waals surface area contributed by atoms with Crippen molar-refractivity contribution < 1.29 is 32.9 Å². The van der Waals surface area contributed by atoms with Gasteiger partial charge in [0.15, 0.2) is 0 Å².